The third-order valence-corrected chi connectivity index (χ3v) is 3.68. The van der Waals surface area contributed by atoms with Gasteiger partial charge in [0.15, 0.2) is 11.5 Å². The zero-order chi connectivity index (χ0) is 14.4. The minimum Gasteiger partial charge on any atom is -0.377 e. The smallest absolute Gasteiger partial charge is 0.276 e. The monoisotopic (exact) mass is 281 g/mol. The predicted molar refractivity (Wildman–Crippen MR) is 74.4 cm³/mol. The van der Waals surface area contributed by atoms with Crippen molar-refractivity contribution in [3.05, 3.63) is 17.5 Å². The Labute approximate surface area is 119 Å². The Morgan fingerprint density at radius 2 is 2.45 bits per heavy atom. The van der Waals surface area contributed by atoms with Gasteiger partial charge in [-0.1, -0.05) is 5.16 Å². The SMILES string of the molecule is CNCCC1CCCCN1C(=O)c1cc(COC)on1. The fourth-order valence-corrected chi connectivity index (χ4v) is 2.65. The Morgan fingerprint density at radius 3 is 3.20 bits per heavy atom. The number of amides is 1. The van der Waals surface area contributed by atoms with Crippen LogP contribution >= 0.6 is 0 Å². The lowest BCUT2D eigenvalue weighted by Gasteiger charge is -2.35. The van der Waals surface area contributed by atoms with Crippen LogP contribution in [-0.2, 0) is 11.3 Å². The van der Waals surface area contributed by atoms with Gasteiger partial charge in [0, 0.05) is 25.8 Å². The summed E-state index contributed by atoms with van der Waals surface area (Å²) in [6.45, 7) is 2.06. The van der Waals surface area contributed by atoms with Gasteiger partial charge in [0.05, 0.1) is 0 Å². The number of carbonyl (C=O) groups is 1. The second-order valence-corrected chi connectivity index (χ2v) is 5.15. The van der Waals surface area contributed by atoms with Gasteiger partial charge in [0.25, 0.3) is 5.91 Å². The molecule has 1 aliphatic heterocycles. The van der Waals surface area contributed by atoms with E-state index in [1.54, 1.807) is 13.2 Å². The highest BCUT2D eigenvalue weighted by atomic mass is 16.5. The highest BCUT2D eigenvalue weighted by molar-refractivity contribution is 5.92. The average Bonchev–Trinajstić information content (AvgIpc) is 2.94. The molecular formula is C14H23N3O3. The number of likely N-dealkylation sites (tertiary alicyclic amines) is 1. The molecular weight excluding hydrogens is 258 g/mol. The lowest BCUT2D eigenvalue weighted by Crippen LogP contribution is -2.44. The van der Waals surface area contributed by atoms with Crippen molar-refractivity contribution in [3.8, 4) is 0 Å². The summed E-state index contributed by atoms with van der Waals surface area (Å²) in [5.41, 5.74) is 0.383. The number of hydrogen-bond acceptors (Lipinski definition) is 5. The maximum Gasteiger partial charge on any atom is 0.276 e. The van der Waals surface area contributed by atoms with Crippen LogP contribution in [0.5, 0.6) is 0 Å². The molecule has 0 bridgehead atoms. The van der Waals surface area contributed by atoms with Crippen molar-refractivity contribution in [1.82, 2.24) is 15.4 Å². The minimum atomic E-state index is -0.0306. The predicted octanol–water partition coefficient (Wildman–Crippen LogP) is 1.43. The molecule has 0 aliphatic carbocycles. The van der Waals surface area contributed by atoms with E-state index in [9.17, 15) is 4.79 Å². The summed E-state index contributed by atoms with van der Waals surface area (Å²) < 4.78 is 10.1. The second-order valence-electron chi connectivity index (χ2n) is 5.15. The van der Waals surface area contributed by atoms with E-state index in [0.29, 0.717) is 24.1 Å². The van der Waals surface area contributed by atoms with Crippen molar-refractivity contribution in [2.24, 2.45) is 0 Å². The third kappa shape index (κ3) is 3.58. The first-order chi connectivity index (χ1) is 9.76. The Bertz CT molecular complexity index is 433. The van der Waals surface area contributed by atoms with E-state index in [0.717, 1.165) is 32.4 Å². The summed E-state index contributed by atoms with van der Waals surface area (Å²) >= 11 is 0. The second kappa shape index (κ2) is 7.40. The number of ether oxygens (including phenoxy) is 1. The van der Waals surface area contributed by atoms with Crippen molar-refractivity contribution in [2.75, 3.05) is 27.2 Å². The van der Waals surface area contributed by atoms with E-state index in [1.807, 2.05) is 11.9 Å². The van der Waals surface area contributed by atoms with Crippen LogP contribution in [0.2, 0.25) is 0 Å². The van der Waals surface area contributed by atoms with Crippen LogP contribution in [0.15, 0.2) is 10.6 Å². The largest absolute Gasteiger partial charge is 0.377 e. The summed E-state index contributed by atoms with van der Waals surface area (Å²) in [5.74, 6) is 0.552. The van der Waals surface area contributed by atoms with Gasteiger partial charge in [-0.3, -0.25) is 4.79 Å². The average molecular weight is 281 g/mol. The molecule has 0 saturated carbocycles. The number of nitrogens with one attached hydrogen (secondary N) is 1. The molecule has 1 fully saturated rings. The highest BCUT2D eigenvalue weighted by Gasteiger charge is 2.28. The molecule has 6 nitrogen and oxygen atoms in total. The van der Waals surface area contributed by atoms with Crippen LogP contribution in [0, 0.1) is 0 Å². The third-order valence-electron chi connectivity index (χ3n) is 3.68. The Kier molecular flexibility index (Phi) is 5.55. The highest BCUT2D eigenvalue weighted by Crippen LogP contribution is 2.21. The quantitative estimate of drug-likeness (QED) is 0.854. The van der Waals surface area contributed by atoms with E-state index in [-0.39, 0.29) is 5.91 Å². The summed E-state index contributed by atoms with van der Waals surface area (Å²) in [4.78, 5) is 14.5. The number of rotatable bonds is 6. The fourth-order valence-electron chi connectivity index (χ4n) is 2.65. The molecule has 20 heavy (non-hydrogen) atoms. The zero-order valence-electron chi connectivity index (χ0n) is 12.2. The van der Waals surface area contributed by atoms with Crippen molar-refractivity contribution in [2.45, 2.75) is 38.3 Å². The number of carbonyl (C=O) groups excluding carboxylic acids is 1. The Balaban J connectivity index is 2.03. The summed E-state index contributed by atoms with van der Waals surface area (Å²) in [5, 5.41) is 7.01. The number of nitrogens with zero attached hydrogens (tertiary/aromatic N) is 2. The molecule has 2 rings (SSSR count). The molecule has 1 saturated heterocycles. The number of aromatic nitrogens is 1. The molecule has 0 radical (unpaired) electrons. The molecule has 1 atom stereocenters. The molecule has 1 aromatic heterocycles. The standard InChI is InChI=1S/C14H23N3O3/c1-15-7-6-11-5-3-4-8-17(11)14(18)13-9-12(10-19-2)20-16-13/h9,11,15H,3-8,10H2,1-2H3. The van der Waals surface area contributed by atoms with Gasteiger partial charge in [0.1, 0.15) is 6.61 Å². The van der Waals surface area contributed by atoms with Gasteiger partial charge < -0.3 is 19.5 Å². The van der Waals surface area contributed by atoms with E-state index in [2.05, 4.69) is 10.5 Å². The maximum atomic E-state index is 12.5. The Hall–Kier alpha value is -1.40. The lowest BCUT2D eigenvalue weighted by molar-refractivity contribution is 0.0591. The van der Waals surface area contributed by atoms with Crippen LogP contribution in [-0.4, -0.2) is 49.3 Å². The molecule has 2 heterocycles. The first-order valence-corrected chi connectivity index (χ1v) is 7.16. The molecule has 112 valence electrons. The van der Waals surface area contributed by atoms with E-state index in [1.165, 1.54) is 6.42 Å². The molecule has 6 heteroatoms. The summed E-state index contributed by atoms with van der Waals surface area (Å²) in [7, 11) is 3.52. The maximum absolute atomic E-state index is 12.5. The molecule has 1 unspecified atom stereocenters. The van der Waals surface area contributed by atoms with Crippen LogP contribution in [0.3, 0.4) is 0 Å². The molecule has 1 aromatic rings. The number of piperidine rings is 1. The number of hydrogen-bond donors (Lipinski definition) is 1. The summed E-state index contributed by atoms with van der Waals surface area (Å²) in [6.07, 6.45) is 4.29. The van der Waals surface area contributed by atoms with E-state index in [4.69, 9.17) is 9.26 Å². The van der Waals surface area contributed by atoms with E-state index >= 15 is 0 Å². The number of methoxy groups -OCH3 is 1. The van der Waals surface area contributed by atoms with Crippen LogP contribution < -0.4 is 5.32 Å². The van der Waals surface area contributed by atoms with Crippen molar-refractivity contribution < 1.29 is 14.1 Å². The van der Waals surface area contributed by atoms with Gasteiger partial charge >= 0.3 is 0 Å². The normalized spacial score (nSPS) is 19.3. The van der Waals surface area contributed by atoms with Crippen molar-refractivity contribution in [3.63, 3.8) is 0 Å². The molecule has 1 amide bonds. The van der Waals surface area contributed by atoms with E-state index < -0.39 is 0 Å². The Morgan fingerprint density at radius 1 is 1.60 bits per heavy atom. The molecule has 0 spiro atoms. The van der Waals surface area contributed by atoms with Gasteiger partial charge in [-0.25, -0.2) is 0 Å². The minimum absolute atomic E-state index is 0.0306. The van der Waals surface area contributed by atoms with Gasteiger partial charge in [0.2, 0.25) is 0 Å². The van der Waals surface area contributed by atoms with Crippen LogP contribution in [0.1, 0.15) is 41.9 Å². The fraction of sp³-hybridized carbons (Fsp3) is 0.714. The topological polar surface area (TPSA) is 67.6 Å². The first kappa shape index (κ1) is 15.0. The van der Waals surface area contributed by atoms with Gasteiger partial charge in [-0.2, -0.15) is 0 Å². The van der Waals surface area contributed by atoms with Gasteiger partial charge in [-0.15, -0.1) is 0 Å². The van der Waals surface area contributed by atoms with Crippen molar-refractivity contribution in [1.29, 1.82) is 0 Å². The zero-order valence-corrected chi connectivity index (χ0v) is 12.2. The van der Waals surface area contributed by atoms with Crippen LogP contribution in [0.4, 0.5) is 0 Å². The van der Waals surface area contributed by atoms with Crippen molar-refractivity contribution >= 4 is 5.91 Å². The molecule has 1 N–H and O–H groups in total. The van der Waals surface area contributed by atoms with Gasteiger partial charge in [-0.05, 0) is 39.3 Å². The summed E-state index contributed by atoms with van der Waals surface area (Å²) in [6, 6.07) is 1.97. The lowest BCUT2D eigenvalue weighted by atomic mass is 9.99. The van der Waals surface area contributed by atoms with Crippen LogP contribution in [0.25, 0.3) is 0 Å². The molecule has 1 aliphatic rings. The first-order valence-electron chi connectivity index (χ1n) is 7.16. The molecule has 0 aromatic carbocycles.